The molecule has 0 saturated carbocycles. The van der Waals surface area contributed by atoms with E-state index in [1.54, 1.807) is 24.7 Å². The summed E-state index contributed by atoms with van der Waals surface area (Å²) in [5.74, 6) is -1.38. The zero-order chi connectivity index (χ0) is 14.9. The van der Waals surface area contributed by atoms with Crippen molar-refractivity contribution in [2.45, 2.75) is 6.92 Å². The molecule has 0 unspecified atom stereocenters. The van der Waals surface area contributed by atoms with Gasteiger partial charge in [0.2, 0.25) is 0 Å². The van der Waals surface area contributed by atoms with E-state index in [2.05, 4.69) is 26.3 Å². The third-order valence-corrected chi connectivity index (χ3v) is 3.63. The zero-order valence-corrected chi connectivity index (χ0v) is 12.4. The Hall–Kier alpha value is -2.15. The van der Waals surface area contributed by atoms with Crippen LogP contribution in [0.2, 0.25) is 0 Å². The molecule has 20 heavy (non-hydrogen) atoms. The number of anilines is 1. The van der Waals surface area contributed by atoms with Gasteiger partial charge in [0.1, 0.15) is 0 Å². The average molecular weight is 338 g/mol. The molecule has 1 aromatic heterocycles. The molecule has 0 saturated heterocycles. The van der Waals surface area contributed by atoms with Gasteiger partial charge in [0, 0.05) is 17.2 Å². The van der Waals surface area contributed by atoms with E-state index in [-0.39, 0.29) is 11.5 Å². The lowest BCUT2D eigenvalue weighted by Crippen LogP contribution is -2.14. The van der Waals surface area contributed by atoms with Crippen molar-refractivity contribution < 1.29 is 14.7 Å². The van der Waals surface area contributed by atoms with Crippen LogP contribution in [-0.4, -0.2) is 26.8 Å². The Morgan fingerprint density at radius 3 is 2.65 bits per heavy atom. The van der Waals surface area contributed by atoms with Crippen LogP contribution in [0.4, 0.5) is 5.69 Å². The van der Waals surface area contributed by atoms with Gasteiger partial charge in [-0.1, -0.05) is 0 Å². The van der Waals surface area contributed by atoms with Crippen molar-refractivity contribution in [1.29, 1.82) is 0 Å². The van der Waals surface area contributed by atoms with Gasteiger partial charge in [-0.3, -0.25) is 9.48 Å². The fourth-order valence-corrected chi connectivity index (χ4v) is 2.01. The van der Waals surface area contributed by atoms with E-state index in [0.717, 1.165) is 5.69 Å². The number of carbonyl (C=O) groups excluding carboxylic acids is 1. The first-order chi connectivity index (χ1) is 9.40. The summed E-state index contributed by atoms with van der Waals surface area (Å²) in [6, 6.07) is 4.43. The Bertz CT molecular complexity index is 694. The molecule has 2 N–H and O–H groups in total. The number of halogens is 1. The molecule has 2 aromatic rings. The number of carboxylic acids is 1. The Labute approximate surface area is 123 Å². The predicted molar refractivity (Wildman–Crippen MR) is 77.0 cm³/mol. The highest BCUT2D eigenvalue weighted by Gasteiger charge is 2.15. The molecular weight excluding hydrogens is 326 g/mol. The first-order valence-corrected chi connectivity index (χ1v) is 6.52. The first-order valence-electron chi connectivity index (χ1n) is 5.73. The van der Waals surface area contributed by atoms with Crippen molar-refractivity contribution in [3.05, 3.63) is 45.7 Å². The van der Waals surface area contributed by atoms with Crippen LogP contribution >= 0.6 is 15.9 Å². The second kappa shape index (κ2) is 5.46. The van der Waals surface area contributed by atoms with Gasteiger partial charge in [-0.05, 0) is 41.1 Å². The Balaban J connectivity index is 2.30. The van der Waals surface area contributed by atoms with Gasteiger partial charge in [0.25, 0.3) is 5.91 Å². The fourth-order valence-electron chi connectivity index (χ4n) is 1.67. The number of nitrogens with zero attached hydrogens (tertiary/aromatic N) is 2. The molecule has 2 rings (SSSR count). The number of amides is 1. The lowest BCUT2D eigenvalue weighted by atomic mass is 10.2. The Morgan fingerprint density at radius 2 is 2.10 bits per heavy atom. The summed E-state index contributed by atoms with van der Waals surface area (Å²) < 4.78 is 2.20. The highest BCUT2D eigenvalue weighted by atomic mass is 79.9. The first kappa shape index (κ1) is 14.3. The normalized spacial score (nSPS) is 10.3. The molecule has 0 aliphatic heterocycles. The summed E-state index contributed by atoms with van der Waals surface area (Å²) in [6.07, 6.45) is 1.47. The second-order valence-corrected chi connectivity index (χ2v) is 5.08. The van der Waals surface area contributed by atoms with Gasteiger partial charge in [-0.2, -0.15) is 5.10 Å². The molecule has 0 fully saturated rings. The highest BCUT2D eigenvalue weighted by Crippen LogP contribution is 2.24. The van der Waals surface area contributed by atoms with E-state index >= 15 is 0 Å². The number of carbonyl (C=O) groups is 2. The van der Waals surface area contributed by atoms with Crippen molar-refractivity contribution in [3.8, 4) is 0 Å². The molecule has 0 spiro atoms. The van der Waals surface area contributed by atoms with Crippen molar-refractivity contribution in [3.63, 3.8) is 0 Å². The Kier molecular flexibility index (Phi) is 3.89. The van der Waals surface area contributed by atoms with E-state index < -0.39 is 5.97 Å². The molecular formula is C13H12BrN3O3. The maximum atomic E-state index is 12.1. The van der Waals surface area contributed by atoms with Crippen molar-refractivity contribution in [2.75, 3.05) is 5.32 Å². The predicted octanol–water partition coefficient (Wildman–Crippen LogP) is 2.44. The molecule has 7 heteroatoms. The second-order valence-electron chi connectivity index (χ2n) is 4.22. The number of hydrogen-bond acceptors (Lipinski definition) is 3. The van der Waals surface area contributed by atoms with Crippen LogP contribution in [0, 0.1) is 6.92 Å². The third-order valence-electron chi connectivity index (χ3n) is 2.94. The van der Waals surface area contributed by atoms with Crippen LogP contribution in [0.5, 0.6) is 0 Å². The van der Waals surface area contributed by atoms with Gasteiger partial charge in [0.05, 0.1) is 23.0 Å². The minimum atomic E-state index is -1.05. The molecule has 104 valence electrons. The minimum absolute atomic E-state index is 0.103. The van der Waals surface area contributed by atoms with Crippen LogP contribution in [-0.2, 0) is 7.05 Å². The van der Waals surface area contributed by atoms with E-state index in [1.165, 1.54) is 18.3 Å². The summed E-state index contributed by atoms with van der Waals surface area (Å²) in [5.41, 5.74) is 1.68. The average Bonchev–Trinajstić information content (AvgIpc) is 2.72. The topological polar surface area (TPSA) is 84.2 Å². The third kappa shape index (κ3) is 2.72. The highest BCUT2D eigenvalue weighted by molar-refractivity contribution is 9.10. The van der Waals surface area contributed by atoms with Gasteiger partial charge in [0.15, 0.2) is 0 Å². The van der Waals surface area contributed by atoms with Crippen LogP contribution in [0.1, 0.15) is 26.4 Å². The molecule has 1 amide bonds. The minimum Gasteiger partial charge on any atom is -0.478 e. The monoisotopic (exact) mass is 337 g/mol. The van der Waals surface area contributed by atoms with E-state index in [4.69, 9.17) is 5.11 Å². The molecule has 6 nitrogen and oxygen atoms in total. The number of benzene rings is 1. The van der Waals surface area contributed by atoms with E-state index in [9.17, 15) is 9.59 Å². The van der Waals surface area contributed by atoms with Crippen LogP contribution in [0.25, 0.3) is 0 Å². The van der Waals surface area contributed by atoms with E-state index in [1.807, 2.05) is 0 Å². The lowest BCUT2D eigenvalue weighted by molar-refractivity contribution is 0.0696. The van der Waals surface area contributed by atoms with Crippen LogP contribution in [0.15, 0.2) is 28.9 Å². The number of nitrogens with one attached hydrogen (secondary N) is 1. The molecule has 0 atom stereocenters. The quantitative estimate of drug-likeness (QED) is 0.900. The lowest BCUT2D eigenvalue weighted by Gasteiger charge is -2.08. The van der Waals surface area contributed by atoms with Crippen molar-refractivity contribution in [1.82, 2.24) is 9.78 Å². The molecule has 0 aliphatic carbocycles. The van der Waals surface area contributed by atoms with Gasteiger partial charge in [-0.15, -0.1) is 0 Å². The molecule has 0 radical (unpaired) electrons. The maximum absolute atomic E-state index is 12.1. The van der Waals surface area contributed by atoms with Crippen molar-refractivity contribution >= 4 is 33.5 Å². The summed E-state index contributed by atoms with van der Waals surface area (Å²) in [7, 11) is 1.74. The standard InChI is InChI=1S/C13H12BrN3O3/c1-7-9(6-15-17(7)2)12(18)16-11-5-8(13(19)20)3-4-10(11)14/h3-6H,1-2H3,(H,16,18)(H,19,20). The number of aromatic carboxylic acids is 1. The fraction of sp³-hybridized carbons (Fsp3) is 0.154. The summed E-state index contributed by atoms with van der Waals surface area (Å²) in [4.78, 5) is 23.1. The molecule has 0 bridgehead atoms. The number of carboxylic acid groups (broad SMARTS) is 1. The number of aryl methyl sites for hydroxylation is 1. The molecule has 1 aromatic carbocycles. The van der Waals surface area contributed by atoms with Gasteiger partial charge in [-0.25, -0.2) is 4.79 Å². The number of aromatic nitrogens is 2. The summed E-state index contributed by atoms with van der Waals surface area (Å²) >= 11 is 3.28. The van der Waals surface area contributed by atoms with Gasteiger partial charge < -0.3 is 10.4 Å². The van der Waals surface area contributed by atoms with E-state index in [0.29, 0.717) is 15.7 Å². The van der Waals surface area contributed by atoms with Gasteiger partial charge >= 0.3 is 5.97 Å². The summed E-state index contributed by atoms with van der Waals surface area (Å²) in [5, 5.41) is 15.6. The van der Waals surface area contributed by atoms with Crippen LogP contribution < -0.4 is 5.32 Å². The zero-order valence-electron chi connectivity index (χ0n) is 10.8. The molecule has 1 heterocycles. The maximum Gasteiger partial charge on any atom is 0.335 e. The SMILES string of the molecule is Cc1c(C(=O)Nc2cc(C(=O)O)ccc2Br)cnn1C. The Morgan fingerprint density at radius 1 is 1.40 bits per heavy atom. The number of rotatable bonds is 3. The largest absolute Gasteiger partial charge is 0.478 e. The smallest absolute Gasteiger partial charge is 0.335 e. The van der Waals surface area contributed by atoms with Crippen LogP contribution in [0.3, 0.4) is 0 Å². The van der Waals surface area contributed by atoms with Crippen molar-refractivity contribution in [2.24, 2.45) is 7.05 Å². The number of hydrogen-bond donors (Lipinski definition) is 2. The molecule has 0 aliphatic rings. The summed E-state index contributed by atoms with van der Waals surface area (Å²) in [6.45, 7) is 1.78.